The van der Waals surface area contributed by atoms with Gasteiger partial charge in [-0.25, -0.2) is 0 Å². The first kappa shape index (κ1) is 14.4. The van der Waals surface area contributed by atoms with Gasteiger partial charge in [-0.1, -0.05) is 13.8 Å². The van der Waals surface area contributed by atoms with Gasteiger partial charge in [0, 0.05) is 13.1 Å². The Morgan fingerprint density at radius 2 is 1.93 bits per heavy atom. The summed E-state index contributed by atoms with van der Waals surface area (Å²) in [6, 6.07) is 0. The molecule has 0 aliphatic carbocycles. The standard InChI is InChI=1S/C11H23NO3/c1-9(2)7-12(8-10(13)14)6-5-11(3,4)15/h9,15H,5-8H2,1-4H3,(H,13,14). The monoisotopic (exact) mass is 217 g/mol. The molecule has 4 nitrogen and oxygen atoms in total. The Labute approximate surface area is 91.9 Å². The summed E-state index contributed by atoms with van der Waals surface area (Å²) in [6.45, 7) is 9.01. The molecule has 0 aromatic carbocycles. The molecule has 15 heavy (non-hydrogen) atoms. The second-order valence-electron chi connectivity index (χ2n) is 5.09. The maximum atomic E-state index is 10.6. The lowest BCUT2D eigenvalue weighted by atomic mass is 10.1. The first-order valence-corrected chi connectivity index (χ1v) is 5.37. The Kier molecular flexibility index (Phi) is 5.83. The molecule has 0 amide bonds. The second-order valence-corrected chi connectivity index (χ2v) is 5.09. The summed E-state index contributed by atoms with van der Waals surface area (Å²) >= 11 is 0. The van der Waals surface area contributed by atoms with Gasteiger partial charge in [0.05, 0.1) is 12.1 Å². The predicted octanol–water partition coefficient (Wildman–Crippen LogP) is 1.19. The maximum Gasteiger partial charge on any atom is 0.317 e. The zero-order chi connectivity index (χ0) is 12.1. The minimum Gasteiger partial charge on any atom is -0.480 e. The lowest BCUT2D eigenvalue weighted by molar-refractivity contribution is -0.138. The summed E-state index contributed by atoms with van der Waals surface area (Å²) < 4.78 is 0. The van der Waals surface area contributed by atoms with Crippen LogP contribution < -0.4 is 0 Å². The van der Waals surface area contributed by atoms with Crippen LogP contribution >= 0.6 is 0 Å². The van der Waals surface area contributed by atoms with E-state index in [4.69, 9.17) is 5.11 Å². The number of carboxylic acids is 1. The minimum absolute atomic E-state index is 0.0499. The average Bonchev–Trinajstić information content (AvgIpc) is 1.96. The molecule has 0 saturated carbocycles. The second kappa shape index (κ2) is 6.08. The largest absolute Gasteiger partial charge is 0.480 e. The van der Waals surface area contributed by atoms with E-state index in [2.05, 4.69) is 13.8 Å². The van der Waals surface area contributed by atoms with Gasteiger partial charge in [0.15, 0.2) is 0 Å². The van der Waals surface area contributed by atoms with E-state index in [1.54, 1.807) is 13.8 Å². The van der Waals surface area contributed by atoms with E-state index in [-0.39, 0.29) is 6.54 Å². The smallest absolute Gasteiger partial charge is 0.317 e. The number of hydrogen-bond donors (Lipinski definition) is 2. The fraction of sp³-hybridized carbons (Fsp3) is 0.909. The van der Waals surface area contributed by atoms with E-state index in [1.165, 1.54) is 0 Å². The van der Waals surface area contributed by atoms with Crippen LogP contribution in [0.1, 0.15) is 34.1 Å². The zero-order valence-electron chi connectivity index (χ0n) is 10.2. The van der Waals surface area contributed by atoms with Crippen LogP contribution in [-0.2, 0) is 4.79 Å². The van der Waals surface area contributed by atoms with Crippen molar-refractivity contribution >= 4 is 5.97 Å². The quantitative estimate of drug-likeness (QED) is 0.672. The van der Waals surface area contributed by atoms with Crippen molar-refractivity contribution in [2.75, 3.05) is 19.6 Å². The van der Waals surface area contributed by atoms with Crippen molar-refractivity contribution in [3.05, 3.63) is 0 Å². The molecule has 0 aromatic rings. The Hall–Kier alpha value is -0.610. The highest BCUT2D eigenvalue weighted by atomic mass is 16.4. The van der Waals surface area contributed by atoms with Gasteiger partial charge in [-0.3, -0.25) is 9.69 Å². The van der Waals surface area contributed by atoms with Crippen LogP contribution in [0.3, 0.4) is 0 Å². The van der Waals surface area contributed by atoms with Crippen LogP contribution in [0.2, 0.25) is 0 Å². The van der Waals surface area contributed by atoms with Crippen LogP contribution in [0.5, 0.6) is 0 Å². The molecule has 0 saturated heterocycles. The van der Waals surface area contributed by atoms with E-state index in [0.29, 0.717) is 18.9 Å². The molecule has 0 unspecified atom stereocenters. The van der Waals surface area contributed by atoms with Crippen molar-refractivity contribution in [3.8, 4) is 0 Å². The van der Waals surface area contributed by atoms with E-state index in [0.717, 1.165) is 6.54 Å². The highest BCUT2D eigenvalue weighted by Gasteiger charge is 2.17. The topological polar surface area (TPSA) is 60.8 Å². The molecule has 0 radical (unpaired) electrons. The predicted molar refractivity (Wildman–Crippen MR) is 59.8 cm³/mol. The first-order valence-electron chi connectivity index (χ1n) is 5.37. The van der Waals surface area contributed by atoms with E-state index in [9.17, 15) is 9.90 Å². The van der Waals surface area contributed by atoms with Crippen molar-refractivity contribution in [3.63, 3.8) is 0 Å². The highest BCUT2D eigenvalue weighted by molar-refractivity contribution is 5.69. The average molecular weight is 217 g/mol. The van der Waals surface area contributed by atoms with E-state index >= 15 is 0 Å². The van der Waals surface area contributed by atoms with Gasteiger partial charge >= 0.3 is 5.97 Å². The molecule has 0 bridgehead atoms. The number of carboxylic acid groups (broad SMARTS) is 1. The van der Waals surface area contributed by atoms with Gasteiger partial charge < -0.3 is 10.2 Å². The third kappa shape index (κ3) is 9.69. The molecule has 0 atom stereocenters. The Balaban J connectivity index is 4.07. The third-order valence-corrected chi connectivity index (χ3v) is 2.02. The Bertz CT molecular complexity index is 196. The fourth-order valence-corrected chi connectivity index (χ4v) is 1.37. The number of hydrogen-bond acceptors (Lipinski definition) is 3. The molecule has 0 spiro atoms. The van der Waals surface area contributed by atoms with Crippen molar-refractivity contribution < 1.29 is 15.0 Å². The summed E-state index contributed by atoms with van der Waals surface area (Å²) in [5.41, 5.74) is -0.728. The molecule has 0 aromatic heterocycles. The molecule has 4 heteroatoms. The third-order valence-electron chi connectivity index (χ3n) is 2.02. The molecule has 0 aliphatic rings. The van der Waals surface area contributed by atoms with Crippen LogP contribution in [0.25, 0.3) is 0 Å². The molecular formula is C11H23NO3. The lowest BCUT2D eigenvalue weighted by Crippen LogP contribution is -2.36. The van der Waals surface area contributed by atoms with Gasteiger partial charge in [-0.15, -0.1) is 0 Å². The zero-order valence-corrected chi connectivity index (χ0v) is 10.2. The summed E-state index contributed by atoms with van der Waals surface area (Å²) in [5, 5.41) is 18.3. The number of carbonyl (C=O) groups is 1. The molecule has 0 fully saturated rings. The molecule has 90 valence electrons. The van der Waals surface area contributed by atoms with Gasteiger partial charge in [0.1, 0.15) is 0 Å². The van der Waals surface area contributed by atoms with Crippen molar-refractivity contribution in [1.29, 1.82) is 0 Å². The molecule has 0 rings (SSSR count). The van der Waals surface area contributed by atoms with Crippen molar-refractivity contribution in [2.45, 2.75) is 39.7 Å². The van der Waals surface area contributed by atoms with E-state index < -0.39 is 11.6 Å². The van der Waals surface area contributed by atoms with Gasteiger partial charge in [0.25, 0.3) is 0 Å². The van der Waals surface area contributed by atoms with E-state index in [1.807, 2.05) is 4.90 Å². The molecular weight excluding hydrogens is 194 g/mol. The van der Waals surface area contributed by atoms with Crippen LogP contribution in [-0.4, -0.2) is 46.3 Å². The first-order chi connectivity index (χ1) is 6.70. The Morgan fingerprint density at radius 1 is 1.40 bits per heavy atom. The van der Waals surface area contributed by atoms with Gasteiger partial charge in [-0.05, 0) is 26.2 Å². The minimum atomic E-state index is -0.814. The number of rotatable bonds is 7. The molecule has 0 heterocycles. The van der Waals surface area contributed by atoms with Crippen molar-refractivity contribution in [1.82, 2.24) is 4.90 Å². The van der Waals surface area contributed by atoms with Crippen LogP contribution in [0.4, 0.5) is 0 Å². The Morgan fingerprint density at radius 3 is 2.27 bits per heavy atom. The highest BCUT2D eigenvalue weighted by Crippen LogP contribution is 2.09. The van der Waals surface area contributed by atoms with Crippen LogP contribution in [0.15, 0.2) is 0 Å². The SMILES string of the molecule is CC(C)CN(CCC(C)(C)O)CC(=O)O. The maximum absolute atomic E-state index is 10.6. The van der Waals surface area contributed by atoms with Crippen molar-refractivity contribution in [2.24, 2.45) is 5.92 Å². The number of aliphatic hydroxyl groups is 1. The summed E-state index contributed by atoms with van der Waals surface area (Å²) in [6.07, 6.45) is 0.590. The number of aliphatic carboxylic acids is 1. The molecule has 2 N–H and O–H groups in total. The fourth-order valence-electron chi connectivity index (χ4n) is 1.37. The lowest BCUT2D eigenvalue weighted by Gasteiger charge is -2.26. The van der Waals surface area contributed by atoms with Gasteiger partial charge in [0.2, 0.25) is 0 Å². The summed E-state index contributed by atoms with van der Waals surface area (Å²) in [4.78, 5) is 12.5. The number of nitrogens with zero attached hydrogens (tertiary/aromatic N) is 1. The summed E-state index contributed by atoms with van der Waals surface area (Å²) in [5.74, 6) is -0.377. The van der Waals surface area contributed by atoms with Crippen LogP contribution in [0, 0.1) is 5.92 Å². The molecule has 0 aliphatic heterocycles. The summed E-state index contributed by atoms with van der Waals surface area (Å²) in [7, 11) is 0. The normalized spacial score (nSPS) is 12.5. The van der Waals surface area contributed by atoms with Gasteiger partial charge in [-0.2, -0.15) is 0 Å².